The first-order valence-corrected chi connectivity index (χ1v) is 12.1. The molecule has 1 aromatic carbocycles. The third-order valence-electron chi connectivity index (χ3n) is 6.00. The molecule has 1 unspecified atom stereocenters. The largest absolute Gasteiger partial charge is 0.492 e. The zero-order chi connectivity index (χ0) is 22.6. The number of hydrogen-bond acceptors (Lipinski definition) is 6. The number of hydrogen-bond donors (Lipinski definition) is 4. The van der Waals surface area contributed by atoms with Crippen LogP contribution in [0.15, 0.2) is 24.3 Å². The second-order valence-electron chi connectivity index (χ2n) is 8.83. The van der Waals surface area contributed by atoms with Crippen molar-refractivity contribution in [1.29, 1.82) is 0 Å². The fourth-order valence-electron chi connectivity index (χ4n) is 4.19. The number of carbonyl (C=O) groups is 2. The van der Waals surface area contributed by atoms with Crippen LogP contribution in [-0.2, 0) is 16.0 Å². The van der Waals surface area contributed by atoms with Gasteiger partial charge in [0.2, 0.25) is 11.8 Å². The Hall–Kier alpha value is -2.16. The molecule has 4 N–H and O–H groups in total. The minimum Gasteiger partial charge on any atom is -0.492 e. The SMILES string of the molecule is C[C@H]1COc2ccccc2CCCNC(=O)C(CN2CCCCC2)NC(=O)CNCCN1. The fourth-order valence-corrected chi connectivity index (χ4v) is 4.19. The number of amides is 2. The second kappa shape index (κ2) is 13.4. The van der Waals surface area contributed by atoms with Gasteiger partial charge in [0.05, 0.1) is 6.54 Å². The number of nitrogens with one attached hydrogen (secondary N) is 4. The molecule has 3 rings (SSSR count). The van der Waals surface area contributed by atoms with E-state index in [2.05, 4.69) is 39.2 Å². The highest BCUT2D eigenvalue weighted by Crippen LogP contribution is 2.19. The summed E-state index contributed by atoms with van der Waals surface area (Å²) < 4.78 is 6.05. The molecule has 8 heteroatoms. The van der Waals surface area contributed by atoms with Gasteiger partial charge in [0.1, 0.15) is 18.4 Å². The molecule has 2 atom stereocenters. The Bertz CT molecular complexity index is 723. The monoisotopic (exact) mass is 445 g/mol. The molecule has 2 heterocycles. The Labute approximate surface area is 191 Å². The molecule has 0 aromatic heterocycles. The van der Waals surface area contributed by atoms with E-state index in [0.29, 0.717) is 26.2 Å². The zero-order valence-electron chi connectivity index (χ0n) is 19.3. The number of rotatable bonds is 2. The van der Waals surface area contributed by atoms with Gasteiger partial charge in [-0.25, -0.2) is 0 Å². The molecule has 1 fully saturated rings. The summed E-state index contributed by atoms with van der Waals surface area (Å²) in [4.78, 5) is 27.6. The van der Waals surface area contributed by atoms with E-state index in [-0.39, 0.29) is 24.4 Å². The Morgan fingerprint density at radius 2 is 1.84 bits per heavy atom. The minimum atomic E-state index is -0.532. The highest BCUT2D eigenvalue weighted by atomic mass is 16.5. The van der Waals surface area contributed by atoms with Crippen molar-refractivity contribution < 1.29 is 14.3 Å². The summed E-state index contributed by atoms with van der Waals surface area (Å²) in [5, 5.41) is 12.5. The van der Waals surface area contributed by atoms with Crippen LogP contribution in [0.1, 0.15) is 38.2 Å². The molecule has 0 bridgehead atoms. The van der Waals surface area contributed by atoms with Crippen molar-refractivity contribution in [1.82, 2.24) is 26.2 Å². The lowest BCUT2D eigenvalue weighted by atomic mass is 10.1. The van der Waals surface area contributed by atoms with Gasteiger partial charge >= 0.3 is 0 Å². The second-order valence-corrected chi connectivity index (χ2v) is 8.83. The van der Waals surface area contributed by atoms with Crippen molar-refractivity contribution in [2.75, 3.05) is 52.4 Å². The van der Waals surface area contributed by atoms with E-state index < -0.39 is 6.04 Å². The third-order valence-corrected chi connectivity index (χ3v) is 6.00. The number of aryl methyl sites for hydroxylation is 1. The highest BCUT2D eigenvalue weighted by molar-refractivity contribution is 5.88. The summed E-state index contributed by atoms with van der Waals surface area (Å²) >= 11 is 0. The number of nitrogens with zero attached hydrogens (tertiary/aromatic N) is 1. The summed E-state index contributed by atoms with van der Waals surface area (Å²) in [7, 11) is 0. The van der Waals surface area contributed by atoms with Gasteiger partial charge in [-0.3, -0.25) is 9.59 Å². The summed E-state index contributed by atoms with van der Waals surface area (Å²) in [5.41, 5.74) is 1.15. The van der Waals surface area contributed by atoms with Crippen molar-refractivity contribution in [3.63, 3.8) is 0 Å². The molecular weight excluding hydrogens is 406 g/mol. The van der Waals surface area contributed by atoms with E-state index in [1.807, 2.05) is 18.2 Å². The number of ether oxygens (including phenoxy) is 1. The molecule has 0 spiro atoms. The Morgan fingerprint density at radius 3 is 2.69 bits per heavy atom. The van der Waals surface area contributed by atoms with Gasteiger partial charge in [0.15, 0.2) is 0 Å². The van der Waals surface area contributed by atoms with Crippen molar-refractivity contribution >= 4 is 11.8 Å². The van der Waals surface area contributed by atoms with Crippen LogP contribution in [0.25, 0.3) is 0 Å². The molecule has 1 aromatic rings. The number of fused-ring (bicyclic) bond motifs is 1. The van der Waals surface area contributed by atoms with E-state index >= 15 is 0 Å². The Morgan fingerprint density at radius 1 is 1.03 bits per heavy atom. The fraction of sp³-hybridized carbons (Fsp3) is 0.667. The summed E-state index contributed by atoms with van der Waals surface area (Å²) in [6.07, 6.45) is 5.17. The molecule has 2 aliphatic heterocycles. The standard InChI is InChI=1S/C24H39N5O3/c1-19-18-32-22-10-4-3-8-20(22)9-7-11-27-24(31)21(17-29-14-5-2-6-15-29)28-23(30)16-25-12-13-26-19/h3-4,8,10,19,21,25-26H,2,5-7,9,11-18H2,1H3,(H,27,31)(H,28,30)/t19-,21?/m0/s1. The topological polar surface area (TPSA) is 94.7 Å². The van der Waals surface area contributed by atoms with E-state index in [0.717, 1.165) is 56.6 Å². The molecular formula is C24H39N5O3. The molecule has 32 heavy (non-hydrogen) atoms. The van der Waals surface area contributed by atoms with Gasteiger partial charge in [0, 0.05) is 32.2 Å². The van der Waals surface area contributed by atoms with Crippen molar-refractivity contribution in [3.8, 4) is 5.75 Å². The number of para-hydroxylation sites is 1. The van der Waals surface area contributed by atoms with E-state index in [4.69, 9.17) is 4.74 Å². The van der Waals surface area contributed by atoms with Gasteiger partial charge in [-0.2, -0.15) is 0 Å². The molecule has 0 saturated carbocycles. The lowest BCUT2D eigenvalue weighted by molar-refractivity contribution is -0.129. The predicted molar refractivity (Wildman–Crippen MR) is 126 cm³/mol. The smallest absolute Gasteiger partial charge is 0.243 e. The lowest BCUT2D eigenvalue weighted by Gasteiger charge is -2.30. The van der Waals surface area contributed by atoms with Crippen molar-refractivity contribution in [3.05, 3.63) is 29.8 Å². The lowest BCUT2D eigenvalue weighted by Crippen LogP contribution is -2.55. The molecule has 8 nitrogen and oxygen atoms in total. The molecule has 178 valence electrons. The first kappa shape index (κ1) is 24.5. The predicted octanol–water partition coefficient (Wildman–Crippen LogP) is 0.666. The average Bonchev–Trinajstić information content (AvgIpc) is 2.80. The van der Waals surface area contributed by atoms with Crippen LogP contribution < -0.4 is 26.0 Å². The van der Waals surface area contributed by atoms with Crippen LogP contribution in [0.5, 0.6) is 5.75 Å². The van der Waals surface area contributed by atoms with Crippen LogP contribution in [0.4, 0.5) is 0 Å². The molecule has 2 amide bonds. The first-order chi connectivity index (χ1) is 15.6. The van der Waals surface area contributed by atoms with Gasteiger partial charge in [-0.1, -0.05) is 24.6 Å². The van der Waals surface area contributed by atoms with Crippen LogP contribution in [0.2, 0.25) is 0 Å². The number of benzene rings is 1. The quantitative estimate of drug-likeness (QED) is 0.535. The summed E-state index contributed by atoms with van der Waals surface area (Å²) in [6, 6.07) is 7.76. The van der Waals surface area contributed by atoms with E-state index in [9.17, 15) is 9.59 Å². The summed E-state index contributed by atoms with van der Waals surface area (Å²) in [5.74, 6) is 0.653. The maximum Gasteiger partial charge on any atom is 0.243 e. The van der Waals surface area contributed by atoms with Crippen LogP contribution in [-0.4, -0.2) is 81.2 Å². The molecule has 0 aliphatic carbocycles. The molecule has 2 aliphatic rings. The summed E-state index contributed by atoms with van der Waals surface area (Å²) in [6.45, 7) is 7.36. The maximum atomic E-state index is 12.9. The number of piperidine rings is 1. The molecule has 1 saturated heterocycles. The van der Waals surface area contributed by atoms with Gasteiger partial charge in [-0.15, -0.1) is 0 Å². The highest BCUT2D eigenvalue weighted by Gasteiger charge is 2.24. The maximum absolute atomic E-state index is 12.9. The van der Waals surface area contributed by atoms with Crippen molar-refractivity contribution in [2.45, 2.75) is 51.1 Å². The number of carbonyl (C=O) groups excluding carboxylic acids is 2. The van der Waals surface area contributed by atoms with Gasteiger partial charge in [-0.05, 0) is 57.3 Å². The number of likely N-dealkylation sites (tertiary alicyclic amines) is 1. The van der Waals surface area contributed by atoms with Crippen molar-refractivity contribution in [2.24, 2.45) is 0 Å². The molecule has 0 radical (unpaired) electrons. The zero-order valence-corrected chi connectivity index (χ0v) is 19.3. The first-order valence-electron chi connectivity index (χ1n) is 12.1. The van der Waals surface area contributed by atoms with Crippen LogP contribution in [0, 0.1) is 0 Å². The normalized spacial score (nSPS) is 25.4. The van der Waals surface area contributed by atoms with Crippen LogP contribution >= 0.6 is 0 Å². The van der Waals surface area contributed by atoms with Gasteiger partial charge in [0.25, 0.3) is 0 Å². The van der Waals surface area contributed by atoms with E-state index in [1.54, 1.807) is 0 Å². The van der Waals surface area contributed by atoms with Crippen LogP contribution in [0.3, 0.4) is 0 Å². The Balaban J connectivity index is 1.62. The average molecular weight is 446 g/mol. The van der Waals surface area contributed by atoms with Gasteiger partial charge < -0.3 is 30.9 Å². The Kier molecular flexibility index (Phi) is 10.3. The third kappa shape index (κ3) is 8.41. The van der Waals surface area contributed by atoms with E-state index in [1.165, 1.54) is 6.42 Å². The minimum absolute atomic E-state index is 0.106.